The van der Waals surface area contributed by atoms with E-state index in [0.29, 0.717) is 12.4 Å². The molecule has 1 aliphatic heterocycles. The summed E-state index contributed by atoms with van der Waals surface area (Å²) in [6, 6.07) is 14.3. The van der Waals surface area contributed by atoms with Gasteiger partial charge in [0.05, 0.1) is 13.1 Å². The average molecular weight is 405 g/mol. The molecule has 1 aromatic heterocycles. The molecule has 1 atom stereocenters. The number of carbonyl (C=O) groups is 1. The van der Waals surface area contributed by atoms with Crippen LogP contribution in [-0.2, 0) is 4.79 Å². The van der Waals surface area contributed by atoms with Crippen molar-refractivity contribution in [2.75, 3.05) is 18.0 Å². The first-order chi connectivity index (χ1) is 14.5. The molecule has 6 heteroatoms. The minimum Gasteiger partial charge on any atom is -0.487 e. The number of anilines is 1. The minimum absolute atomic E-state index is 0.0888. The van der Waals surface area contributed by atoms with Crippen molar-refractivity contribution in [3.8, 4) is 16.9 Å². The maximum Gasteiger partial charge on any atom is 0.225 e. The molecule has 1 saturated heterocycles. The molecule has 0 saturated carbocycles. The van der Waals surface area contributed by atoms with Crippen molar-refractivity contribution in [3.63, 3.8) is 0 Å². The molecule has 0 N–H and O–H groups in total. The van der Waals surface area contributed by atoms with Gasteiger partial charge in [0.1, 0.15) is 23.5 Å². The Kier molecular flexibility index (Phi) is 5.74. The predicted octanol–water partition coefficient (Wildman–Crippen LogP) is 4.63. The Hall–Kier alpha value is -3.28. The fourth-order valence-corrected chi connectivity index (χ4v) is 3.57. The van der Waals surface area contributed by atoms with E-state index < -0.39 is 0 Å². The molecule has 0 unspecified atom stereocenters. The molecule has 154 valence electrons. The second kappa shape index (κ2) is 8.61. The highest BCUT2D eigenvalue weighted by Gasteiger charge is 2.30. The lowest BCUT2D eigenvalue weighted by Crippen LogP contribution is -2.54. The molecule has 2 heterocycles. The molecule has 4 rings (SSSR count). The summed E-state index contributed by atoms with van der Waals surface area (Å²) in [7, 11) is 0. The van der Waals surface area contributed by atoms with Crippen molar-refractivity contribution in [2.45, 2.75) is 32.3 Å². The number of carbonyl (C=O) groups excluding carboxylic acids is 1. The van der Waals surface area contributed by atoms with E-state index >= 15 is 0 Å². The lowest BCUT2D eigenvalue weighted by molar-refractivity contribution is -0.117. The maximum atomic E-state index is 13.1. The second-order valence-electron chi connectivity index (χ2n) is 7.80. The zero-order valence-corrected chi connectivity index (χ0v) is 17.1. The molecule has 0 aliphatic carbocycles. The van der Waals surface area contributed by atoms with Crippen molar-refractivity contribution in [1.29, 1.82) is 0 Å². The largest absolute Gasteiger partial charge is 0.487 e. The van der Waals surface area contributed by atoms with Crippen molar-refractivity contribution in [2.24, 2.45) is 0 Å². The van der Waals surface area contributed by atoms with Gasteiger partial charge in [-0.3, -0.25) is 0 Å². The van der Waals surface area contributed by atoms with E-state index in [-0.39, 0.29) is 23.6 Å². The third-order valence-corrected chi connectivity index (χ3v) is 5.29. The van der Waals surface area contributed by atoms with Crippen LogP contribution < -0.4 is 9.64 Å². The van der Waals surface area contributed by atoms with Crippen LogP contribution in [0.5, 0.6) is 5.75 Å². The molecule has 0 spiro atoms. The van der Waals surface area contributed by atoms with Crippen LogP contribution in [0.4, 0.5) is 10.3 Å². The van der Waals surface area contributed by atoms with Crippen LogP contribution in [0.1, 0.15) is 31.7 Å². The van der Waals surface area contributed by atoms with Gasteiger partial charge in [-0.1, -0.05) is 31.2 Å². The summed E-state index contributed by atoms with van der Waals surface area (Å²) >= 11 is 0. The Labute approximate surface area is 175 Å². The standard InChI is InChI=1S/C24H24FN3O2/c1-16(11-17(2)29)18-5-9-22(10-6-18)30-23-14-28(15-23)24-26-12-20(13-27-24)19-3-7-21(25)8-4-19/h3-10,12-13,16,23H,11,14-15H2,1-2H3/t16-/m1/s1. The molecule has 0 bridgehead atoms. The van der Waals surface area contributed by atoms with Gasteiger partial charge in [-0.05, 0) is 48.2 Å². The van der Waals surface area contributed by atoms with Gasteiger partial charge in [0, 0.05) is 24.4 Å². The van der Waals surface area contributed by atoms with Gasteiger partial charge < -0.3 is 14.4 Å². The van der Waals surface area contributed by atoms with Gasteiger partial charge in [0.25, 0.3) is 0 Å². The molecule has 5 nitrogen and oxygen atoms in total. The molecule has 0 amide bonds. The van der Waals surface area contributed by atoms with Crippen LogP contribution in [-0.4, -0.2) is 34.9 Å². The monoisotopic (exact) mass is 405 g/mol. The maximum absolute atomic E-state index is 13.1. The topological polar surface area (TPSA) is 55.3 Å². The van der Waals surface area contributed by atoms with Crippen LogP contribution in [0, 0.1) is 5.82 Å². The molecule has 30 heavy (non-hydrogen) atoms. The van der Waals surface area contributed by atoms with Crippen LogP contribution in [0.2, 0.25) is 0 Å². The highest BCUT2D eigenvalue weighted by Crippen LogP contribution is 2.26. The molecule has 3 aromatic rings. The number of nitrogens with zero attached hydrogens (tertiary/aromatic N) is 3. The van der Waals surface area contributed by atoms with Crippen LogP contribution in [0.3, 0.4) is 0 Å². The van der Waals surface area contributed by atoms with Gasteiger partial charge in [-0.25, -0.2) is 14.4 Å². The first-order valence-corrected chi connectivity index (χ1v) is 10.1. The molecule has 1 aliphatic rings. The number of rotatable bonds is 7. The van der Waals surface area contributed by atoms with Gasteiger partial charge in [0.15, 0.2) is 0 Å². The second-order valence-corrected chi connectivity index (χ2v) is 7.80. The van der Waals surface area contributed by atoms with E-state index in [1.807, 2.05) is 24.3 Å². The molecular formula is C24H24FN3O2. The first-order valence-electron chi connectivity index (χ1n) is 10.1. The zero-order valence-electron chi connectivity index (χ0n) is 17.1. The van der Waals surface area contributed by atoms with Crippen molar-refractivity contribution < 1.29 is 13.9 Å². The Morgan fingerprint density at radius 1 is 1.07 bits per heavy atom. The minimum atomic E-state index is -0.261. The van der Waals surface area contributed by atoms with E-state index in [9.17, 15) is 9.18 Å². The Bertz CT molecular complexity index is 998. The van der Waals surface area contributed by atoms with Gasteiger partial charge in [-0.15, -0.1) is 0 Å². The highest BCUT2D eigenvalue weighted by molar-refractivity contribution is 5.76. The fourth-order valence-electron chi connectivity index (χ4n) is 3.57. The number of halogens is 1. The van der Waals surface area contributed by atoms with Gasteiger partial charge in [-0.2, -0.15) is 0 Å². The van der Waals surface area contributed by atoms with Crippen LogP contribution in [0.15, 0.2) is 60.9 Å². The van der Waals surface area contributed by atoms with E-state index in [1.165, 1.54) is 12.1 Å². The van der Waals surface area contributed by atoms with E-state index in [2.05, 4.69) is 21.8 Å². The smallest absolute Gasteiger partial charge is 0.225 e. The normalized spacial score (nSPS) is 14.8. The summed E-state index contributed by atoms with van der Waals surface area (Å²) in [5, 5.41) is 0. The number of aromatic nitrogens is 2. The highest BCUT2D eigenvalue weighted by atomic mass is 19.1. The number of hydrogen-bond acceptors (Lipinski definition) is 5. The number of Topliss-reactive ketones (excluding diaryl/α,β-unsaturated/α-hetero) is 1. The van der Waals surface area contributed by atoms with Crippen molar-refractivity contribution in [1.82, 2.24) is 9.97 Å². The molecular weight excluding hydrogens is 381 g/mol. The van der Waals surface area contributed by atoms with Crippen LogP contribution >= 0.6 is 0 Å². The third kappa shape index (κ3) is 4.64. The lowest BCUT2D eigenvalue weighted by atomic mass is 9.96. The van der Waals surface area contributed by atoms with Gasteiger partial charge >= 0.3 is 0 Å². The molecule has 1 fully saturated rings. The van der Waals surface area contributed by atoms with Crippen molar-refractivity contribution >= 4 is 11.7 Å². The Morgan fingerprint density at radius 3 is 2.30 bits per heavy atom. The predicted molar refractivity (Wildman–Crippen MR) is 114 cm³/mol. The SMILES string of the molecule is CC(=O)C[C@@H](C)c1ccc(OC2CN(c3ncc(-c4ccc(F)cc4)cn3)C2)cc1. The molecule has 2 aromatic carbocycles. The first kappa shape index (κ1) is 20.0. The summed E-state index contributed by atoms with van der Waals surface area (Å²) in [6.07, 6.45) is 4.15. The summed E-state index contributed by atoms with van der Waals surface area (Å²) in [5.74, 6) is 1.64. The van der Waals surface area contributed by atoms with E-state index in [4.69, 9.17) is 4.74 Å². The van der Waals surface area contributed by atoms with Gasteiger partial charge in [0.2, 0.25) is 5.95 Å². The van der Waals surface area contributed by atoms with Crippen molar-refractivity contribution in [3.05, 3.63) is 72.3 Å². The summed E-state index contributed by atoms with van der Waals surface area (Å²) < 4.78 is 19.1. The Morgan fingerprint density at radius 2 is 1.70 bits per heavy atom. The van der Waals surface area contributed by atoms with E-state index in [1.54, 1.807) is 31.5 Å². The fraction of sp³-hybridized carbons (Fsp3) is 0.292. The zero-order chi connectivity index (χ0) is 21.1. The third-order valence-electron chi connectivity index (χ3n) is 5.29. The Balaban J connectivity index is 1.29. The number of benzene rings is 2. The number of ketones is 1. The summed E-state index contributed by atoms with van der Waals surface area (Å²) in [4.78, 5) is 22.2. The summed E-state index contributed by atoms with van der Waals surface area (Å²) in [6.45, 7) is 5.12. The number of ether oxygens (including phenoxy) is 1. The lowest BCUT2D eigenvalue weighted by Gasteiger charge is -2.38. The van der Waals surface area contributed by atoms with E-state index in [0.717, 1.165) is 35.5 Å². The quantitative estimate of drug-likeness (QED) is 0.574. The summed E-state index contributed by atoms with van der Waals surface area (Å²) in [5.41, 5.74) is 2.88. The number of hydrogen-bond donors (Lipinski definition) is 0. The molecule has 0 radical (unpaired) electrons. The average Bonchev–Trinajstić information content (AvgIpc) is 2.71. The van der Waals surface area contributed by atoms with Crippen LogP contribution in [0.25, 0.3) is 11.1 Å².